The highest BCUT2D eigenvalue weighted by Crippen LogP contribution is 2.02. The van der Waals surface area contributed by atoms with Gasteiger partial charge < -0.3 is 9.84 Å². The zero-order valence-corrected chi connectivity index (χ0v) is 15.7. The fraction of sp³-hybridized carbons (Fsp3) is 0.0870. The lowest BCUT2D eigenvalue weighted by Crippen LogP contribution is -1.99. The Morgan fingerprint density at radius 2 is 1.29 bits per heavy atom. The Kier molecular flexibility index (Phi) is 10.0. The van der Waals surface area contributed by atoms with Gasteiger partial charge in [-0.05, 0) is 31.2 Å². The molecule has 5 nitrogen and oxygen atoms in total. The van der Waals surface area contributed by atoms with E-state index in [4.69, 9.17) is 5.11 Å². The Morgan fingerprint density at radius 1 is 0.786 bits per heavy atom. The standard InChI is InChI=1S/2C8H8O2.C7H6O/c1-6-2-4-7(5-3-6)8(9)10;1-10-8(9)7-5-3-2-4-6-7;8-6-7-4-2-1-3-5-7/h2-5H,1H3,(H,9,10);2-6H,1H3;1-6H. The Bertz CT molecular complexity index is 857. The molecule has 0 heterocycles. The highest BCUT2D eigenvalue weighted by Gasteiger charge is 2.00. The van der Waals surface area contributed by atoms with Crippen LogP contribution in [0.15, 0.2) is 84.9 Å². The summed E-state index contributed by atoms with van der Waals surface area (Å²) in [5, 5.41) is 8.48. The Balaban J connectivity index is 0.000000212. The van der Waals surface area contributed by atoms with Crippen molar-refractivity contribution >= 4 is 18.2 Å². The van der Waals surface area contributed by atoms with E-state index in [2.05, 4.69) is 4.74 Å². The summed E-state index contributed by atoms with van der Waals surface area (Å²) in [5.41, 5.74) is 2.73. The minimum atomic E-state index is -0.875. The van der Waals surface area contributed by atoms with E-state index in [1.165, 1.54) is 7.11 Å². The van der Waals surface area contributed by atoms with Crippen LogP contribution in [-0.2, 0) is 4.74 Å². The van der Waals surface area contributed by atoms with Gasteiger partial charge in [0.25, 0.3) is 0 Å². The van der Waals surface area contributed by atoms with Crippen LogP contribution in [-0.4, -0.2) is 30.4 Å². The van der Waals surface area contributed by atoms with Gasteiger partial charge >= 0.3 is 11.9 Å². The Labute approximate surface area is 164 Å². The molecule has 0 bridgehead atoms. The summed E-state index contributed by atoms with van der Waals surface area (Å²) in [4.78, 5) is 31.1. The largest absolute Gasteiger partial charge is 0.478 e. The third kappa shape index (κ3) is 8.58. The van der Waals surface area contributed by atoms with Crippen LogP contribution in [0.4, 0.5) is 0 Å². The molecule has 0 saturated heterocycles. The van der Waals surface area contributed by atoms with Gasteiger partial charge in [0.15, 0.2) is 0 Å². The quantitative estimate of drug-likeness (QED) is 0.529. The van der Waals surface area contributed by atoms with Crippen LogP contribution in [0.5, 0.6) is 0 Å². The summed E-state index contributed by atoms with van der Waals surface area (Å²) in [6.07, 6.45) is 0.833. The lowest BCUT2D eigenvalue weighted by atomic mass is 10.2. The van der Waals surface area contributed by atoms with Crippen LogP contribution in [0.25, 0.3) is 0 Å². The molecule has 0 unspecified atom stereocenters. The first-order valence-corrected chi connectivity index (χ1v) is 8.41. The van der Waals surface area contributed by atoms with Gasteiger partial charge in [0.2, 0.25) is 0 Å². The summed E-state index contributed by atoms with van der Waals surface area (Å²) in [7, 11) is 1.37. The van der Waals surface area contributed by atoms with Crippen LogP contribution in [0.1, 0.15) is 36.6 Å². The average Bonchev–Trinajstić information content (AvgIpc) is 2.75. The molecule has 3 aromatic carbocycles. The molecule has 5 heteroatoms. The number of carboxylic acid groups (broad SMARTS) is 1. The Morgan fingerprint density at radius 3 is 1.68 bits per heavy atom. The van der Waals surface area contributed by atoms with Crippen molar-refractivity contribution in [1.29, 1.82) is 0 Å². The summed E-state index contributed by atoms with van der Waals surface area (Å²) < 4.78 is 4.50. The number of esters is 1. The minimum Gasteiger partial charge on any atom is -0.478 e. The maximum absolute atomic E-state index is 10.8. The molecule has 3 aromatic rings. The zero-order chi connectivity index (χ0) is 20.8. The normalized spacial score (nSPS) is 8.93. The van der Waals surface area contributed by atoms with E-state index in [0.29, 0.717) is 11.1 Å². The predicted octanol–water partition coefficient (Wildman–Crippen LogP) is 4.67. The first-order valence-electron chi connectivity index (χ1n) is 8.41. The second-order valence-corrected chi connectivity index (χ2v) is 5.56. The third-order valence-electron chi connectivity index (χ3n) is 3.43. The predicted molar refractivity (Wildman–Crippen MR) is 108 cm³/mol. The molecule has 144 valence electrons. The highest BCUT2D eigenvalue weighted by atomic mass is 16.5. The molecule has 3 rings (SSSR count). The van der Waals surface area contributed by atoms with E-state index < -0.39 is 5.97 Å². The summed E-state index contributed by atoms with van der Waals surface area (Å²) >= 11 is 0. The fourth-order valence-corrected chi connectivity index (χ4v) is 1.92. The molecular weight excluding hydrogens is 356 g/mol. The number of carbonyl (C=O) groups excluding carboxylic acids is 2. The summed E-state index contributed by atoms with van der Waals surface area (Å²) in [6, 6.07) is 24.7. The van der Waals surface area contributed by atoms with Crippen molar-refractivity contribution in [2.45, 2.75) is 6.92 Å². The third-order valence-corrected chi connectivity index (χ3v) is 3.43. The zero-order valence-electron chi connectivity index (χ0n) is 15.7. The molecule has 0 spiro atoms. The number of carboxylic acids is 1. The van der Waals surface area contributed by atoms with Crippen molar-refractivity contribution in [1.82, 2.24) is 0 Å². The number of hydrogen-bond donors (Lipinski definition) is 1. The summed E-state index contributed by atoms with van der Waals surface area (Å²) in [5.74, 6) is -1.17. The van der Waals surface area contributed by atoms with Crippen molar-refractivity contribution in [3.05, 3.63) is 107 Å². The number of aryl methyl sites for hydroxylation is 1. The van der Waals surface area contributed by atoms with Gasteiger partial charge in [-0.3, -0.25) is 4.79 Å². The lowest BCUT2D eigenvalue weighted by Gasteiger charge is -1.95. The molecule has 0 aliphatic carbocycles. The number of aromatic carboxylic acids is 1. The van der Waals surface area contributed by atoms with Gasteiger partial charge in [-0.15, -0.1) is 0 Å². The van der Waals surface area contributed by atoms with E-state index in [0.717, 1.165) is 17.4 Å². The van der Waals surface area contributed by atoms with E-state index in [1.54, 1.807) is 60.7 Å². The number of benzene rings is 3. The van der Waals surface area contributed by atoms with Crippen LogP contribution in [0, 0.1) is 6.92 Å². The SMILES string of the molecule is COC(=O)c1ccccc1.Cc1ccc(C(=O)O)cc1.O=Cc1ccccc1. The first-order chi connectivity index (χ1) is 13.5. The number of carbonyl (C=O) groups is 3. The minimum absolute atomic E-state index is 0.291. The second-order valence-electron chi connectivity index (χ2n) is 5.56. The fourth-order valence-electron chi connectivity index (χ4n) is 1.92. The monoisotopic (exact) mass is 378 g/mol. The van der Waals surface area contributed by atoms with E-state index >= 15 is 0 Å². The van der Waals surface area contributed by atoms with Crippen LogP contribution >= 0.6 is 0 Å². The van der Waals surface area contributed by atoms with Crippen molar-refractivity contribution in [3.8, 4) is 0 Å². The van der Waals surface area contributed by atoms with Gasteiger partial charge in [-0.2, -0.15) is 0 Å². The molecule has 1 N–H and O–H groups in total. The number of rotatable bonds is 3. The number of aldehydes is 1. The molecule has 0 atom stereocenters. The molecule has 0 aliphatic heterocycles. The second kappa shape index (κ2) is 12.6. The Hall–Kier alpha value is -3.73. The van der Waals surface area contributed by atoms with Crippen LogP contribution in [0.3, 0.4) is 0 Å². The maximum atomic E-state index is 10.8. The smallest absolute Gasteiger partial charge is 0.337 e. The number of methoxy groups -OCH3 is 1. The first kappa shape index (κ1) is 22.3. The number of hydrogen-bond acceptors (Lipinski definition) is 4. The van der Waals surface area contributed by atoms with Crippen molar-refractivity contribution in [2.75, 3.05) is 7.11 Å². The van der Waals surface area contributed by atoms with Gasteiger partial charge in [-0.25, -0.2) is 9.59 Å². The molecule has 0 radical (unpaired) electrons. The molecule has 28 heavy (non-hydrogen) atoms. The maximum Gasteiger partial charge on any atom is 0.337 e. The van der Waals surface area contributed by atoms with Crippen LogP contribution in [0.2, 0.25) is 0 Å². The van der Waals surface area contributed by atoms with Crippen molar-refractivity contribution < 1.29 is 24.2 Å². The van der Waals surface area contributed by atoms with Gasteiger partial charge in [0.1, 0.15) is 6.29 Å². The number of ether oxygens (including phenoxy) is 1. The average molecular weight is 378 g/mol. The summed E-state index contributed by atoms with van der Waals surface area (Å²) in [6.45, 7) is 1.92. The lowest BCUT2D eigenvalue weighted by molar-refractivity contribution is 0.0599. The van der Waals surface area contributed by atoms with Crippen molar-refractivity contribution in [2.24, 2.45) is 0 Å². The van der Waals surface area contributed by atoms with Gasteiger partial charge in [-0.1, -0.05) is 66.2 Å². The van der Waals surface area contributed by atoms with Crippen molar-refractivity contribution in [3.63, 3.8) is 0 Å². The molecule has 0 fully saturated rings. The molecule has 0 aromatic heterocycles. The topological polar surface area (TPSA) is 80.7 Å². The van der Waals surface area contributed by atoms with Gasteiger partial charge in [0.05, 0.1) is 18.2 Å². The van der Waals surface area contributed by atoms with Gasteiger partial charge in [0, 0.05) is 5.56 Å². The van der Waals surface area contributed by atoms with E-state index in [-0.39, 0.29) is 5.97 Å². The molecule has 0 saturated carbocycles. The van der Waals surface area contributed by atoms with Crippen LogP contribution < -0.4 is 0 Å². The van der Waals surface area contributed by atoms with E-state index in [1.807, 2.05) is 31.2 Å². The molecule has 0 amide bonds. The highest BCUT2D eigenvalue weighted by molar-refractivity contribution is 5.89. The molecule has 0 aliphatic rings. The molecular formula is C23H22O5. The van der Waals surface area contributed by atoms with E-state index in [9.17, 15) is 14.4 Å².